The highest BCUT2D eigenvalue weighted by Crippen LogP contribution is 2.13. The van der Waals surface area contributed by atoms with Gasteiger partial charge in [0, 0.05) is 18.7 Å². The molecule has 0 radical (unpaired) electrons. The average molecular weight is 191 g/mol. The largest absolute Gasteiger partial charge is 0.334 e. The number of aromatic amines is 1. The number of aryl methyl sites for hydroxylation is 1. The van der Waals surface area contributed by atoms with E-state index in [4.69, 9.17) is 4.52 Å². The molecule has 0 aliphatic heterocycles. The number of hydrogen-bond donors (Lipinski definition) is 1. The van der Waals surface area contributed by atoms with Crippen LogP contribution in [0, 0.1) is 0 Å². The van der Waals surface area contributed by atoms with Gasteiger partial charge in [0.25, 0.3) is 5.89 Å². The predicted octanol–water partition coefficient (Wildman–Crippen LogP) is 0.987. The minimum atomic E-state index is -0.149. The van der Waals surface area contributed by atoms with E-state index in [-0.39, 0.29) is 5.56 Å². The Hall–Kier alpha value is -1.91. The lowest BCUT2D eigenvalue weighted by molar-refractivity contribution is 0.423. The van der Waals surface area contributed by atoms with Crippen LogP contribution in [-0.2, 0) is 6.42 Å². The van der Waals surface area contributed by atoms with E-state index in [1.165, 1.54) is 6.07 Å². The molecular weight excluding hydrogens is 182 g/mol. The summed E-state index contributed by atoms with van der Waals surface area (Å²) in [7, 11) is 0. The predicted molar refractivity (Wildman–Crippen MR) is 49.7 cm³/mol. The van der Waals surface area contributed by atoms with Crippen molar-refractivity contribution in [3.8, 4) is 11.5 Å². The van der Waals surface area contributed by atoms with Gasteiger partial charge in [0.2, 0.25) is 5.56 Å². The Balaban J connectivity index is 2.39. The number of aromatic nitrogens is 3. The molecule has 0 saturated heterocycles. The molecule has 0 aliphatic carbocycles. The molecule has 0 spiro atoms. The number of rotatable bonds is 2. The van der Waals surface area contributed by atoms with Crippen LogP contribution in [0.3, 0.4) is 0 Å². The van der Waals surface area contributed by atoms with Crippen LogP contribution in [0.15, 0.2) is 27.6 Å². The Morgan fingerprint density at radius 1 is 1.50 bits per heavy atom. The molecule has 5 nitrogen and oxygen atoms in total. The fourth-order valence-corrected chi connectivity index (χ4v) is 1.06. The fourth-order valence-electron chi connectivity index (χ4n) is 1.06. The zero-order chi connectivity index (χ0) is 9.97. The zero-order valence-electron chi connectivity index (χ0n) is 7.65. The van der Waals surface area contributed by atoms with Crippen LogP contribution in [0.5, 0.6) is 0 Å². The van der Waals surface area contributed by atoms with Crippen LogP contribution in [0.2, 0.25) is 0 Å². The zero-order valence-corrected chi connectivity index (χ0v) is 7.65. The summed E-state index contributed by atoms with van der Waals surface area (Å²) in [5.74, 6) is 1.09. The van der Waals surface area contributed by atoms with Gasteiger partial charge in [0.1, 0.15) is 0 Å². The summed E-state index contributed by atoms with van der Waals surface area (Å²) in [4.78, 5) is 17.5. The van der Waals surface area contributed by atoms with Gasteiger partial charge in [-0.1, -0.05) is 12.1 Å². The van der Waals surface area contributed by atoms with Crippen molar-refractivity contribution in [1.82, 2.24) is 15.1 Å². The first-order chi connectivity index (χ1) is 6.79. The number of H-pyrrole nitrogens is 1. The molecule has 72 valence electrons. The highest BCUT2D eigenvalue weighted by atomic mass is 16.5. The van der Waals surface area contributed by atoms with Gasteiger partial charge in [-0.25, -0.2) is 0 Å². The third kappa shape index (κ3) is 1.56. The van der Waals surface area contributed by atoms with Gasteiger partial charge in [-0.05, 0) is 6.07 Å². The number of nitrogens with zero attached hydrogens (tertiary/aromatic N) is 2. The molecule has 14 heavy (non-hydrogen) atoms. The third-order valence-corrected chi connectivity index (χ3v) is 1.82. The maximum atomic E-state index is 10.8. The summed E-state index contributed by atoms with van der Waals surface area (Å²) < 4.78 is 5.00. The summed E-state index contributed by atoms with van der Waals surface area (Å²) in [5, 5.41) is 3.76. The smallest absolute Gasteiger partial charge is 0.259 e. The van der Waals surface area contributed by atoms with Crippen molar-refractivity contribution in [2.45, 2.75) is 13.3 Å². The van der Waals surface area contributed by atoms with E-state index < -0.39 is 0 Å². The molecular formula is C9H9N3O2. The highest BCUT2D eigenvalue weighted by molar-refractivity contribution is 5.50. The van der Waals surface area contributed by atoms with Crippen LogP contribution in [0.1, 0.15) is 12.7 Å². The van der Waals surface area contributed by atoms with Gasteiger partial charge in [0.15, 0.2) is 5.82 Å². The summed E-state index contributed by atoms with van der Waals surface area (Å²) in [5.41, 5.74) is 0.570. The SMILES string of the molecule is CCc1noc(-c2ccc(=O)[nH]c2)n1. The lowest BCUT2D eigenvalue weighted by Crippen LogP contribution is -2.01. The Bertz CT molecular complexity index is 466. The Kier molecular flexibility index (Phi) is 2.14. The summed E-state index contributed by atoms with van der Waals surface area (Å²) in [6.07, 6.45) is 2.28. The molecule has 0 saturated carbocycles. The molecule has 0 atom stereocenters. The molecule has 2 heterocycles. The first-order valence-corrected chi connectivity index (χ1v) is 4.31. The molecule has 0 bridgehead atoms. The number of pyridine rings is 1. The maximum absolute atomic E-state index is 10.8. The second kappa shape index (κ2) is 3.45. The first kappa shape index (κ1) is 8.68. The number of hydrogen-bond acceptors (Lipinski definition) is 4. The van der Waals surface area contributed by atoms with Crippen molar-refractivity contribution in [3.05, 3.63) is 34.5 Å². The molecule has 5 heteroatoms. The molecule has 2 rings (SSSR count). The van der Waals surface area contributed by atoms with E-state index in [0.29, 0.717) is 11.7 Å². The summed E-state index contributed by atoms with van der Waals surface area (Å²) >= 11 is 0. The highest BCUT2D eigenvalue weighted by Gasteiger charge is 2.06. The second-order valence-corrected chi connectivity index (χ2v) is 2.81. The Morgan fingerprint density at radius 3 is 2.93 bits per heavy atom. The topological polar surface area (TPSA) is 71.8 Å². The standard InChI is InChI=1S/C9H9N3O2/c1-2-7-11-9(14-12-7)6-3-4-8(13)10-5-6/h3-5H,2H2,1H3,(H,10,13). The van der Waals surface area contributed by atoms with Crippen molar-refractivity contribution in [3.63, 3.8) is 0 Å². The third-order valence-electron chi connectivity index (χ3n) is 1.82. The van der Waals surface area contributed by atoms with Gasteiger partial charge in [0.05, 0.1) is 5.56 Å². The van der Waals surface area contributed by atoms with Crippen LogP contribution in [0.4, 0.5) is 0 Å². The molecule has 0 aliphatic rings. The van der Waals surface area contributed by atoms with Crippen LogP contribution >= 0.6 is 0 Å². The van der Waals surface area contributed by atoms with Crippen molar-refractivity contribution in [2.75, 3.05) is 0 Å². The number of nitrogens with one attached hydrogen (secondary N) is 1. The summed E-state index contributed by atoms with van der Waals surface area (Å²) in [6.45, 7) is 1.95. The van der Waals surface area contributed by atoms with E-state index in [1.54, 1.807) is 12.3 Å². The van der Waals surface area contributed by atoms with Gasteiger partial charge < -0.3 is 9.51 Å². The minimum Gasteiger partial charge on any atom is -0.334 e. The van der Waals surface area contributed by atoms with Crippen molar-refractivity contribution in [1.29, 1.82) is 0 Å². The Labute approximate surface area is 79.8 Å². The van der Waals surface area contributed by atoms with E-state index in [9.17, 15) is 4.79 Å². The Morgan fingerprint density at radius 2 is 2.36 bits per heavy atom. The molecule has 0 amide bonds. The van der Waals surface area contributed by atoms with E-state index in [1.807, 2.05) is 6.92 Å². The quantitative estimate of drug-likeness (QED) is 0.768. The average Bonchev–Trinajstić information content (AvgIpc) is 2.67. The molecule has 0 unspecified atom stereocenters. The van der Waals surface area contributed by atoms with Crippen molar-refractivity contribution >= 4 is 0 Å². The summed E-state index contributed by atoms with van der Waals surface area (Å²) in [6, 6.07) is 3.07. The first-order valence-electron chi connectivity index (χ1n) is 4.31. The van der Waals surface area contributed by atoms with Gasteiger partial charge in [-0.2, -0.15) is 4.98 Å². The fraction of sp³-hybridized carbons (Fsp3) is 0.222. The van der Waals surface area contributed by atoms with E-state index in [0.717, 1.165) is 12.0 Å². The van der Waals surface area contributed by atoms with Crippen LogP contribution < -0.4 is 5.56 Å². The van der Waals surface area contributed by atoms with E-state index >= 15 is 0 Å². The molecule has 1 N–H and O–H groups in total. The minimum absolute atomic E-state index is 0.149. The van der Waals surface area contributed by atoms with Gasteiger partial charge in [-0.3, -0.25) is 4.79 Å². The van der Waals surface area contributed by atoms with Crippen molar-refractivity contribution in [2.24, 2.45) is 0 Å². The monoisotopic (exact) mass is 191 g/mol. The lowest BCUT2D eigenvalue weighted by atomic mass is 10.3. The molecule has 0 aromatic carbocycles. The maximum Gasteiger partial charge on any atom is 0.259 e. The molecule has 2 aromatic rings. The van der Waals surface area contributed by atoms with Crippen LogP contribution in [-0.4, -0.2) is 15.1 Å². The van der Waals surface area contributed by atoms with Gasteiger partial charge >= 0.3 is 0 Å². The van der Waals surface area contributed by atoms with Crippen LogP contribution in [0.25, 0.3) is 11.5 Å². The molecule has 0 fully saturated rings. The van der Waals surface area contributed by atoms with Gasteiger partial charge in [-0.15, -0.1) is 0 Å². The van der Waals surface area contributed by atoms with E-state index in [2.05, 4.69) is 15.1 Å². The van der Waals surface area contributed by atoms with Crippen molar-refractivity contribution < 1.29 is 4.52 Å². The lowest BCUT2D eigenvalue weighted by Gasteiger charge is -1.90. The molecule has 2 aromatic heterocycles. The second-order valence-electron chi connectivity index (χ2n) is 2.81. The normalized spacial score (nSPS) is 10.4.